The number of carbonyl (C=O) groups is 3. The molecule has 2 aliphatic rings. The van der Waals surface area contributed by atoms with Crippen LogP contribution in [0.2, 0.25) is 5.02 Å². The molecule has 7 nitrogen and oxygen atoms in total. The van der Waals surface area contributed by atoms with Gasteiger partial charge in [0.15, 0.2) is 0 Å². The number of carbonyl (C=O) groups excluding carboxylic acids is 3. The maximum Gasteiger partial charge on any atom is 0.325 e. The Morgan fingerprint density at radius 1 is 1.03 bits per heavy atom. The van der Waals surface area contributed by atoms with E-state index in [1.807, 2.05) is 24.3 Å². The molecule has 32 heavy (non-hydrogen) atoms. The Hall–Kier alpha value is -3.06. The second-order valence-electron chi connectivity index (χ2n) is 8.42. The minimum Gasteiger partial charge on any atom is -0.372 e. The summed E-state index contributed by atoms with van der Waals surface area (Å²) in [7, 11) is 0. The molecule has 0 radical (unpaired) electrons. The molecule has 0 spiro atoms. The Kier molecular flexibility index (Phi) is 6.37. The lowest BCUT2D eigenvalue weighted by atomic mass is 9.92. The van der Waals surface area contributed by atoms with Crippen LogP contribution in [0.4, 0.5) is 16.2 Å². The molecule has 0 aromatic heterocycles. The van der Waals surface area contributed by atoms with Gasteiger partial charge in [-0.2, -0.15) is 0 Å². The molecular weight excluding hydrogens is 428 g/mol. The molecule has 0 unspecified atom stereocenters. The third kappa shape index (κ3) is 4.43. The number of halogens is 1. The predicted molar refractivity (Wildman–Crippen MR) is 125 cm³/mol. The number of nitrogens with zero attached hydrogens (tertiary/aromatic N) is 2. The highest BCUT2D eigenvalue weighted by atomic mass is 35.5. The largest absolute Gasteiger partial charge is 0.372 e. The molecule has 2 aromatic carbocycles. The third-order valence-electron chi connectivity index (χ3n) is 6.11. The summed E-state index contributed by atoms with van der Waals surface area (Å²) in [6.45, 7) is 3.30. The maximum atomic E-state index is 13.0. The van der Waals surface area contributed by atoms with E-state index in [-0.39, 0.29) is 6.54 Å². The van der Waals surface area contributed by atoms with Crippen LogP contribution in [0.15, 0.2) is 48.5 Å². The van der Waals surface area contributed by atoms with Gasteiger partial charge in [0.2, 0.25) is 5.91 Å². The predicted octanol–water partition coefficient (Wildman–Crippen LogP) is 4.13. The van der Waals surface area contributed by atoms with Crippen molar-refractivity contribution in [2.75, 3.05) is 29.9 Å². The summed E-state index contributed by atoms with van der Waals surface area (Å²) < 4.78 is 0. The molecule has 2 aliphatic heterocycles. The topological polar surface area (TPSA) is 81.8 Å². The van der Waals surface area contributed by atoms with Crippen LogP contribution >= 0.6 is 11.6 Å². The van der Waals surface area contributed by atoms with Gasteiger partial charge in [0.25, 0.3) is 5.91 Å². The van der Waals surface area contributed by atoms with Crippen LogP contribution in [0.25, 0.3) is 0 Å². The fourth-order valence-corrected chi connectivity index (χ4v) is 4.64. The zero-order valence-corrected chi connectivity index (χ0v) is 18.8. The first kappa shape index (κ1) is 22.1. The van der Waals surface area contributed by atoms with Crippen molar-refractivity contribution in [3.8, 4) is 0 Å². The van der Waals surface area contributed by atoms with Crippen molar-refractivity contribution in [3.63, 3.8) is 0 Å². The van der Waals surface area contributed by atoms with Gasteiger partial charge in [-0.1, -0.05) is 42.6 Å². The minimum atomic E-state index is -1.31. The van der Waals surface area contributed by atoms with E-state index in [4.69, 9.17) is 11.6 Å². The molecule has 2 aromatic rings. The number of benzene rings is 2. The first-order chi connectivity index (χ1) is 15.4. The van der Waals surface area contributed by atoms with Crippen LogP contribution in [0.5, 0.6) is 0 Å². The van der Waals surface area contributed by atoms with Gasteiger partial charge in [0.1, 0.15) is 12.1 Å². The molecule has 1 atom stereocenters. The van der Waals surface area contributed by atoms with Crippen LogP contribution in [0.3, 0.4) is 0 Å². The zero-order valence-electron chi connectivity index (χ0n) is 18.1. The molecular formula is C24H27ClN4O3. The van der Waals surface area contributed by atoms with Gasteiger partial charge in [-0.05, 0) is 50.1 Å². The highest BCUT2D eigenvalue weighted by Gasteiger charge is 2.50. The van der Waals surface area contributed by atoms with Crippen molar-refractivity contribution >= 4 is 40.8 Å². The molecule has 4 rings (SSSR count). The van der Waals surface area contributed by atoms with Crippen LogP contribution in [-0.2, 0) is 15.1 Å². The highest BCUT2D eigenvalue weighted by molar-refractivity contribution is 6.32. The van der Waals surface area contributed by atoms with Crippen molar-refractivity contribution in [2.24, 2.45) is 0 Å². The van der Waals surface area contributed by atoms with Crippen molar-refractivity contribution in [2.45, 2.75) is 38.1 Å². The third-order valence-corrected chi connectivity index (χ3v) is 6.44. The van der Waals surface area contributed by atoms with E-state index in [1.165, 1.54) is 25.7 Å². The van der Waals surface area contributed by atoms with Gasteiger partial charge in [0.05, 0.1) is 0 Å². The summed E-state index contributed by atoms with van der Waals surface area (Å²) in [6.07, 6.45) is 4.92. The fourth-order valence-electron chi connectivity index (χ4n) is 4.32. The second kappa shape index (κ2) is 9.20. The van der Waals surface area contributed by atoms with Crippen molar-refractivity contribution in [3.05, 3.63) is 59.1 Å². The average Bonchev–Trinajstić information content (AvgIpc) is 2.97. The monoisotopic (exact) mass is 454 g/mol. The SMILES string of the molecule is C[C@]1(c2ccccc2Cl)NC(=O)N(CC(=O)Nc2ccc(N3CCCCCC3)cc2)C1=O. The smallest absolute Gasteiger partial charge is 0.325 e. The molecule has 0 aliphatic carbocycles. The number of urea groups is 1. The lowest BCUT2D eigenvalue weighted by Crippen LogP contribution is -2.42. The number of nitrogens with one attached hydrogen (secondary N) is 2. The summed E-state index contributed by atoms with van der Waals surface area (Å²) >= 11 is 6.24. The number of rotatable bonds is 5. The lowest BCUT2D eigenvalue weighted by Gasteiger charge is -2.23. The fraction of sp³-hybridized carbons (Fsp3) is 0.375. The molecule has 0 saturated carbocycles. The molecule has 2 fully saturated rings. The zero-order chi connectivity index (χ0) is 22.7. The van der Waals surface area contributed by atoms with Crippen LogP contribution in [-0.4, -0.2) is 42.4 Å². The van der Waals surface area contributed by atoms with E-state index < -0.39 is 23.4 Å². The molecule has 2 N–H and O–H groups in total. The Balaban J connectivity index is 1.40. The van der Waals surface area contributed by atoms with Gasteiger partial charge in [-0.3, -0.25) is 14.5 Å². The van der Waals surface area contributed by atoms with Crippen molar-refractivity contribution in [1.29, 1.82) is 0 Å². The van der Waals surface area contributed by atoms with Gasteiger partial charge >= 0.3 is 6.03 Å². The Morgan fingerprint density at radius 3 is 2.34 bits per heavy atom. The second-order valence-corrected chi connectivity index (χ2v) is 8.83. The Morgan fingerprint density at radius 2 is 1.69 bits per heavy atom. The van der Waals surface area contributed by atoms with Gasteiger partial charge in [-0.15, -0.1) is 0 Å². The lowest BCUT2D eigenvalue weighted by molar-refractivity contribution is -0.133. The van der Waals surface area contributed by atoms with E-state index in [0.717, 1.165) is 23.7 Å². The summed E-state index contributed by atoms with van der Waals surface area (Å²) in [5, 5.41) is 5.82. The van der Waals surface area contributed by atoms with Crippen LogP contribution in [0, 0.1) is 0 Å². The standard InChI is InChI=1S/C24H27ClN4O3/c1-24(19-8-4-5-9-20(19)25)22(31)29(23(32)27-24)16-21(30)26-17-10-12-18(13-11-17)28-14-6-2-3-7-15-28/h4-5,8-13H,2-3,6-7,14-16H2,1H3,(H,26,30)(H,27,32)/t24-/m1/s1. The normalized spacial score (nSPS) is 21.3. The molecule has 0 bridgehead atoms. The molecule has 4 amide bonds. The summed E-state index contributed by atoms with van der Waals surface area (Å²) in [6, 6.07) is 13.9. The highest BCUT2D eigenvalue weighted by Crippen LogP contribution is 2.33. The van der Waals surface area contributed by atoms with E-state index >= 15 is 0 Å². The van der Waals surface area contributed by atoms with E-state index in [2.05, 4.69) is 15.5 Å². The minimum absolute atomic E-state index is 0.374. The molecule has 168 valence electrons. The quantitative estimate of drug-likeness (QED) is 0.665. The summed E-state index contributed by atoms with van der Waals surface area (Å²) in [5.74, 6) is -0.957. The van der Waals surface area contributed by atoms with Gasteiger partial charge in [0, 0.05) is 35.1 Å². The first-order valence-corrected chi connectivity index (χ1v) is 11.3. The number of imide groups is 1. The van der Waals surface area contributed by atoms with Crippen molar-refractivity contribution in [1.82, 2.24) is 10.2 Å². The molecule has 8 heteroatoms. The van der Waals surface area contributed by atoms with Crippen molar-refractivity contribution < 1.29 is 14.4 Å². The summed E-state index contributed by atoms with van der Waals surface area (Å²) in [5.41, 5.74) is 0.931. The molecule has 2 heterocycles. The number of hydrogen-bond acceptors (Lipinski definition) is 4. The van der Waals surface area contributed by atoms with E-state index in [9.17, 15) is 14.4 Å². The summed E-state index contributed by atoms with van der Waals surface area (Å²) in [4.78, 5) is 41.4. The van der Waals surface area contributed by atoms with Gasteiger partial charge in [-0.25, -0.2) is 4.79 Å². The van der Waals surface area contributed by atoms with Crippen LogP contribution in [0.1, 0.15) is 38.2 Å². The Bertz CT molecular complexity index is 1020. The number of anilines is 2. The van der Waals surface area contributed by atoms with Crippen LogP contribution < -0.4 is 15.5 Å². The van der Waals surface area contributed by atoms with Gasteiger partial charge < -0.3 is 15.5 Å². The number of amides is 4. The Labute approximate surface area is 192 Å². The van der Waals surface area contributed by atoms with E-state index in [1.54, 1.807) is 31.2 Å². The maximum absolute atomic E-state index is 13.0. The first-order valence-electron chi connectivity index (χ1n) is 10.9. The molecule has 2 saturated heterocycles. The number of hydrogen-bond donors (Lipinski definition) is 2. The average molecular weight is 455 g/mol. The van der Waals surface area contributed by atoms with E-state index in [0.29, 0.717) is 16.3 Å².